The summed E-state index contributed by atoms with van der Waals surface area (Å²) >= 11 is 1.50. The van der Waals surface area contributed by atoms with E-state index in [0.29, 0.717) is 23.4 Å². The molecule has 2 heterocycles. The van der Waals surface area contributed by atoms with Crippen molar-refractivity contribution in [2.45, 2.75) is 24.8 Å². The van der Waals surface area contributed by atoms with Gasteiger partial charge >= 0.3 is 0 Å². The highest BCUT2D eigenvalue weighted by Gasteiger charge is 2.16. The number of aromatic nitrogens is 5. The number of nitrogens with zero attached hydrogens (tertiary/aromatic N) is 5. The van der Waals surface area contributed by atoms with Crippen molar-refractivity contribution in [1.82, 2.24) is 25.2 Å². The number of ether oxygens (including phenoxy) is 1. The predicted molar refractivity (Wildman–Crippen MR) is 107 cm³/mol. The number of para-hydroxylation sites is 2. The molecule has 0 spiro atoms. The number of thioether (sulfide) groups is 1. The van der Waals surface area contributed by atoms with E-state index in [2.05, 4.69) is 20.5 Å². The zero-order chi connectivity index (χ0) is 19.3. The summed E-state index contributed by atoms with van der Waals surface area (Å²) in [4.78, 5) is 4.64. The van der Waals surface area contributed by atoms with Crippen LogP contribution in [0.2, 0.25) is 0 Å². The van der Waals surface area contributed by atoms with Crippen LogP contribution in [0.25, 0.3) is 17.1 Å². The summed E-state index contributed by atoms with van der Waals surface area (Å²) in [5, 5.41) is 12.8. The molecule has 4 rings (SSSR count). The van der Waals surface area contributed by atoms with Crippen molar-refractivity contribution in [2.24, 2.45) is 0 Å². The normalized spacial score (nSPS) is 10.9. The van der Waals surface area contributed by atoms with Gasteiger partial charge in [-0.25, -0.2) is 4.98 Å². The Morgan fingerprint density at radius 3 is 2.68 bits per heavy atom. The standard InChI is InChI=1S/C20H19N5O2S/c1-3-26-18-12-8-7-11-17(18)25-20(22-23-24-25)28-13-16-14(2)27-19(21-16)15-9-5-4-6-10-15/h4-12H,3,13H2,1-2H3. The molecule has 0 unspecified atom stereocenters. The summed E-state index contributed by atoms with van der Waals surface area (Å²) < 4.78 is 13.2. The lowest BCUT2D eigenvalue weighted by Crippen LogP contribution is -2.03. The van der Waals surface area contributed by atoms with Crippen LogP contribution in [0.3, 0.4) is 0 Å². The lowest BCUT2D eigenvalue weighted by molar-refractivity contribution is 0.337. The first-order valence-electron chi connectivity index (χ1n) is 8.91. The summed E-state index contributed by atoms with van der Waals surface area (Å²) in [5.74, 6) is 2.75. The monoisotopic (exact) mass is 393 g/mol. The molecule has 0 saturated heterocycles. The lowest BCUT2D eigenvalue weighted by atomic mass is 10.2. The molecule has 0 aliphatic carbocycles. The van der Waals surface area contributed by atoms with Gasteiger partial charge in [0, 0.05) is 11.3 Å². The molecule has 0 bridgehead atoms. The Balaban J connectivity index is 1.55. The first-order chi connectivity index (χ1) is 13.8. The summed E-state index contributed by atoms with van der Waals surface area (Å²) in [6, 6.07) is 17.6. The number of hydrogen-bond acceptors (Lipinski definition) is 7. The number of tetrazole rings is 1. The second kappa shape index (κ2) is 8.26. The van der Waals surface area contributed by atoms with Gasteiger partial charge in [0.2, 0.25) is 11.0 Å². The Morgan fingerprint density at radius 2 is 1.86 bits per heavy atom. The van der Waals surface area contributed by atoms with E-state index in [1.54, 1.807) is 4.68 Å². The van der Waals surface area contributed by atoms with Crippen LogP contribution in [-0.4, -0.2) is 31.8 Å². The van der Waals surface area contributed by atoms with Gasteiger partial charge in [0.1, 0.15) is 17.2 Å². The van der Waals surface area contributed by atoms with Gasteiger partial charge in [-0.05, 0) is 48.5 Å². The van der Waals surface area contributed by atoms with Crippen LogP contribution in [0.15, 0.2) is 64.2 Å². The Labute approximate surface area is 166 Å². The van der Waals surface area contributed by atoms with Crippen molar-refractivity contribution in [1.29, 1.82) is 0 Å². The minimum absolute atomic E-state index is 0.571. The fraction of sp³-hybridized carbons (Fsp3) is 0.200. The van der Waals surface area contributed by atoms with Gasteiger partial charge in [-0.3, -0.25) is 0 Å². The van der Waals surface area contributed by atoms with Gasteiger partial charge in [0.15, 0.2) is 0 Å². The van der Waals surface area contributed by atoms with Crippen molar-refractivity contribution in [3.05, 3.63) is 66.1 Å². The minimum Gasteiger partial charge on any atom is -0.492 e. The van der Waals surface area contributed by atoms with E-state index in [0.717, 1.165) is 28.5 Å². The maximum atomic E-state index is 5.83. The summed E-state index contributed by atoms with van der Waals surface area (Å²) in [5.41, 5.74) is 2.63. The highest BCUT2D eigenvalue weighted by atomic mass is 32.2. The highest BCUT2D eigenvalue weighted by Crippen LogP contribution is 2.29. The predicted octanol–water partition coefficient (Wildman–Crippen LogP) is 4.32. The van der Waals surface area contributed by atoms with E-state index < -0.39 is 0 Å². The molecular formula is C20H19N5O2S. The maximum Gasteiger partial charge on any atom is 0.226 e. The van der Waals surface area contributed by atoms with E-state index in [9.17, 15) is 0 Å². The summed E-state index contributed by atoms with van der Waals surface area (Å²) in [6.45, 7) is 4.44. The van der Waals surface area contributed by atoms with Crippen LogP contribution in [0.4, 0.5) is 0 Å². The molecule has 7 nitrogen and oxygen atoms in total. The lowest BCUT2D eigenvalue weighted by Gasteiger charge is -2.10. The highest BCUT2D eigenvalue weighted by molar-refractivity contribution is 7.98. The molecule has 0 fully saturated rings. The van der Waals surface area contributed by atoms with Crippen molar-refractivity contribution in [3.8, 4) is 22.9 Å². The molecular weight excluding hydrogens is 374 g/mol. The van der Waals surface area contributed by atoms with Crippen molar-refractivity contribution >= 4 is 11.8 Å². The Kier molecular flexibility index (Phi) is 5.38. The Morgan fingerprint density at radius 1 is 1.07 bits per heavy atom. The topological polar surface area (TPSA) is 78.9 Å². The van der Waals surface area contributed by atoms with Crippen LogP contribution >= 0.6 is 11.8 Å². The Bertz CT molecular complexity index is 1060. The number of benzene rings is 2. The fourth-order valence-electron chi connectivity index (χ4n) is 2.73. The van der Waals surface area contributed by atoms with E-state index >= 15 is 0 Å². The summed E-state index contributed by atoms with van der Waals surface area (Å²) in [6.07, 6.45) is 0. The molecule has 0 saturated carbocycles. The number of aryl methyl sites for hydroxylation is 1. The van der Waals surface area contributed by atoms with Gasteiger partial charge < -0.3 is 9.15 Å². The number of hydrogen-bond donors (Lipinski definition) is 0. The van der Waals surface area contributed by atoms with E-state index in [-0.39, 0.29) is 0 Å². The molecule has 2 aromatic carbocycles. The zero-order valence-corrected chi connectivity index (χ0v) is 16.4. The van der Waals surface area contributed by atoms with Gasteiger partial charge in [-0.15, -0.1) is 5.10 Å². The van der Waals surface area contributed by atoms with Gasteiger partial charge in [-0.2, -0.15) is 4.68 Å². The molecule has 28 heavy (non-hydrogen) atoms. The molecule has 8 heteroatoms. The first kappa shape index (κ1) is 18.2. The average molecular weight is 393 g/mol. The van der Waals surface area contributed by atoms with E-state index in [1.165, 1.54) is 11.8 Å². The molecule has 4 aromatic rings. The molecule has 0 N–H and O–H groups in total. The van der Waals surface area contributed by atoms with E-state index in [1.807, 2.05) is 68.4 Å². The third kappa shape index (κ3) is 3.77. The SMILES string of the molecule is CCOc1ccccc1-n1nnnc1SCc1nc(-c2ccccc2)oc1C. The molecule has 142 valence electrons. The van der Waals surface area contributed by atoms with Crippen LogP contribution in [0.5, 0.6) is 5.75 Å². The van der Waals surface area contributed by atoms with Crippen LogP contribution < -0.4 is 4.74 Å². The van der Waals surface area contributed by atoms with Gasteiger partial charge in [0.05, 0.1) is 12.3 Å². The fourth-order valence-corrected chi connectivity index (χ4v) is 3.61. The molecule has 2 aromatic heterocycles. The largest absolute Gasteiger partial charge is 0.492 e. The van der Waals surface area contributed by atoms with Crippen molar-refractivity contribution in [2.75, 3.05) is 6.61 Å². The van der Waals surface area contributed by atoms with Crippen LogP contribution in [0.1, 0.15) is 18.4 Å². The van der Waals surface area contributed by atoms with Gasteiger partial charge in [0.25, 0.3) is 0 Å². The third-order valence-corrected chi connectivity index (χ3v) is 5.02. The van der Waals surface area contributed by atoms with Crippen LogP contribution in [0, 0.1) is 6.92 Å². The third-order valence-electron chi connectivity index (χ3n) is 4.09. The smallest absolute Gasteiger partial charge is 0.226 e. The van der Waals surface area contributed by atoms with E-state index in [4.69, 9.17) is 9.15 Å². The molecule has 0 radical (unpaired) electrons. The minimum atomic E-state index is 0.571. The molecule has 0 atom stereocenters. The first-order valence-corrected chi connectivity index (χ1v) is 9.90. The maximum absolute atomic E-state index is 5.83. The zero-order valence-electron chi connectivity index (χ0n) is 15.6. The second-order valence-corrected chi connectivity index (χ2v) is 6.89. The quantitative estimate of drug-likeness (QED) is 0.433. The number of rotatable bonds is 7. The van der Waals surface area contributed by atoms with Gasteiger partial charge in [-0.1, -0.05) is 42.1 Å². The van der Waals surface area contributed by atoms with Crippen molar-refractivity contribution in [3.63, 3.8) is 0 Å². The summed E-state index contributed by atoms with van der Waals surface area (Å²) in [7, 11) is 0. The average Bonchev–Trinajstić information content (AvgIpc) is 3.34. The van der Waals surface area contributed by atoms with Crippen LogP contribution in [-0.2, 0) is 5.75 Å². The molecule has 0 aliphatic heterocycles. The molecule has 0 aliphatic rings. The molecule has 0 amide bonds. The Hall–Kier alpha value is -3.13. The second-order valence-electron chi connectivity index (χ2n) is 5.95. The number of oxazole rings is 1. The van der Waals surface area contributed by atoms with Crippen molar-refractivity contribution < 1.29 is 9.15 Å².